The Balaban J connectivity index is 2.23. The number of nitrogens with two attached hydrogens (primary N) is 1. The van der Waals surface area contributed by atoms with Crippen LogP contribution in [0.25, 0.3) is 0 Å². The van der Waals surface area contributed by atoms with E-state index in [1.54, 1.807) is 24.3 Å². The Labute approximate surface area is 161 Å². The van der Waals surface area contributed by atoms with E-state index in [1.165, 1.54) is 12.1 Å². The predicted molar refractivity (Wildman–Crippen MR) is 101 cm³/mol. The van der Waals surface area contributed by atoms with Crippen molar-refractivity contribution in [2.45, 2.75) is 11.8 Å². The maximum absolute atomic E-state index is 12.6. The van der Waals surface area contributed by atoms with Crippen LogP contribution in [-0.2, 0) is 14.8 Å². The van der Waals surface area contributed by atoms with Gasteiger partial charge in [0.05, 0.1) is 28.6 Å². The second kappa shape index (κ2) is 8.74. The van der Waals surface area contributed by atoms with E-state index < -0.39 is 28.4 Å². The summed E-state index contributed by atoms with van der Waals surface area (Å²) in [5.41, 5.74) is 5.21. The van der Waals surface area contributed by atoms with E-state index in [4.69, 9.17) is 22.1 Å². The summed E-state index contributed by atoms with van der Waals surface area (Å²) in [4.78, 5) is 22.7. The number of carbonyl (C=O) groups is 2. The van der Waals surface area contributed by atoms with Gasteiger partial charge in [0.1, 0.15) is 5.75 Å². The standard InChI is InChI=1S/C17H18ClN3O5S/c1-2-26-12-5-3-11(4-6-12)21-27(24,25)13-7-8-15(18)14(9-13)17(23)20-10-16(19)22/h3-9,21H,2,10H2,1H3,(H2,19,22)(H,20,23). The van der Waals surface area contributed by atoms with Gasteiger partial charge in [0.2, 0.25) is 5.91 Å². The van der Waals surface area contributed by atoms with Gasteiger partial charge < -0.3 is 15.8 Å². The van der Waals surface area contributed by atoms with Crippen molar-refractivity contribution in [2.75, 3.05) is 17.9 Å². The first-order valence-corrected chi connectivity index (χ1v) is 9.71. The highest BCUT2D eigenvalue weighted by Gasteiger charge is 2.19. The van der Waals surface area contributed by atoms with Crippen molar-refractivity contribution < 1.29 is 22.7 Å². The van der Waals surface area contributed by atoms with Crippen molar-refractivity contribution in [3.63, 3.8) is 0 Å². The molecule has 0 spiro atoms. The second-order valence-corrected chi connectivity index (χ2v) is 7.44. The summed E-state index contributed by atoms with van der Waals surface area (Å²) >= 11 is 5.96. The van der Waals surface area contributed by atoms with Gasteiger partial charge in [0, 0.05) is 5.69 Å². The number of amides is 2. The molecule has 0 bridgehead atoms. The number of nitrogens with one attached hydrogen (secondary N) is 2. The van der Waals surface area contributed by atoms with E-state index >= 15 is 0 Å². The third-order valence-corrected chi connectivity index (χ3v) is 5.04. The summed E-state index contributed by atoms with van der Waals surface area (Å²) < 4.78 is 32.9. The summed E-state index contributed by atoms with van der Waals surface area (Å²) in [7, 11) is -3.96. The van der Waals surface area contributed by atoms with Gasteiger partial charge in [-0.15, -0.1) is 0 Å². The Morgan fingerprint density at radius 2 is 1.81 bits per heavy atom. The zero-order valence-electron chi connectivity index (χ0n) is 14.4. The number of hydrogen-bond donors (Lipinski definition) is 3. The third-order valence-electron chi connectivity index (χ3n) is 3.33. The Morgan fingerprint density at radius 3 is 2.41 bits per heavy atom. The molecular weight excluding hydrogens is 394 g/mol. The van der Waals surface area contributed by atoms with Gasteiger partial charge in [-0.05, 0) is 49.4 Å². The maximum atomic E-state index is 12.6. The van der Waals surface area contributed by atoms with Crippen LogP contribution in [0.3, 0.4) is 0 Å². The largest absolute Gasteiger partial charge is 0.494 e. The number of carbonyl (C=O) groups excluding carboxylic acids is 2. The van der Waals surface area contributed by atoms with E-state index in [0.717, 1.165) is 6.07 Å². The summed E-state index contributed by atoms with van der Waals surface area (Å²) in [5, 5.41) is 2.30. The molecule has 8 nitrogen and oxygen atoms in total. The molecule has 27 heavy (non-hydrogen) atoms. The molecule has 4 N–H and O–H groups in total. The molecule has 0 aromatic heterocycles. The molecule has 0 unspecified atom stereocenters. The number of halogens is 1. The number of hydrogen-bond acceptors (Lipinski definition) is 5. The van der Waals surface area contributed by atoms with Crippen LogP contribution < -0.4 is 20.5 Å². The van der Waals surface area contributed by atoms with E-state index in [1.807, 2.05) is 6.92 Å². The Bertz CT molecular complexity index is 946. The molecule has 2 rings (SSSR count). The minimum Gasteiger partial charge on any atom is -0.494 e. The first kappa shape index (κ1) is 20.5. The van der Waals surface area contributed by atoms with Crippen molar-refractivity contribution in [2.24, 2.45) is 5.73 Å². The number of benzene rings is 2. The van der Waals surface area contributed by atoms with Crippen LogP contribution in [0.1, 0.15) is 17.3 Å². The average molecular weight is 412 g/mol. The van der Waals surface area contributed by atoms with Gasteiger partial charge >= 0.3 is 0 Å². The zero-order valence-corrected chi connectivity index (χ0v) is 15.9. The zero-order chi connectivity index (χ0) is 20.0. The van der Waals surface area contributed by atoms with Crippen LogP contribution in [0.2, 0.25) is 5.02 Å². The molecule has 2 amide bonds. The van der Waals surface area contributed by atoms with Crippen LogP contribution in [0.4, 0.5) is 5.69 Å². The fourth-order valence-corrected chi connectivity index (χ4v) is 3.40. The highest BCUT2D eigenvalue weighted by atomic mass is 35.5. The lowest BCUT2D eigenvalue weighted by Gasteiger charge is -2.11. The first-order chi connectivity index (χ1) is 12.7. The number of ether oxygens (including phenoxy) is 1. The van der Waals surface area contributed by atoms with Crippen molar-refractivity contribution in [3.8, 4) is 5.75 Å². The van der Waals surface area contributed by atoms with Crippen LogP contribution in [0.15, 0.2) is 47.4 Å². The van der Waals surface area contributed by atoms with Gasteiger partial charge in [-0.1, -0.05) is 11.6 Å². The fraction of sp³-hybridized carbons (Fsp3) is 0.176. The summed E-state index contributed by atoms with van der Waals surface area (Å²) in [6.45, 7) is 1.95. The number of rotatable bonds is 8. The van der Waals surface area contributed by atoms with Crippen molar-refractivity contribution in [1.29, 1.82) is 0 Å². The lowest BCUT2D eigenvalue weighted by molar-refractivity contribution is -0.117. The lowest BCUT2D eigenvalue weighted by Crippen LogP contribution is -2.33. The first-order valence-electron chi connectivity index (χ1n) is 7.84. The van der Waals surface area contributed by atoms with Crippen LogP contribution in [0.5, 0.6) is 5.75 Å². The predicted octanol–water partition coefficient (Wildman–Crippen LogP) is 1.75. The lowest BCUT2D eigenvalue weighted by atomic mass is 10.2. The quantitative estimate of drug-likeness (QED) is 0.609. The highest BCUT2D eigenvalue weighted by Crippen LogP contribution is 2.23. The summed E-state index contributed by atoms with van der Waals surface area (Å²) in [6.07, 6.45) is 0. The minimum atomic E-state index is -3.96. The van der Waals surface area contributed by atoms with Crippen molar-refractivity contribution in [3.05, 3.63) is 53.1 Å². The van der Waals surface area contributed by atoms with Crippen LogP contribution >= 0.6 is 11.6 Å². The van der Waals surface area contributed by atoms with Crippen LogP contribution in [0, 0.1) is 0 Å². The monoisotopic (exact) mass is 411 g/mol. The fourth-order valence-electron chi connectivity index (χ4n) is 2.11. The average Bonchev–Trinajstić information content (AvgIpc) is 2.61. The molecule has 0 atom stereocenters. The molecular formula is C17H18ClN3O5S. The van der Waals surface area contributed by atoms with E-state index in [0.29, 0.717) is 18.0 Å². The normalized spacial score (nSPS) is 10.9. The Morgan fingerprint density at radius 1 is 1.15 bits per heavy atom. The summed E-state index contributed by atoms with van der Waals surface area (Å²) in [6, 6.07) is 10.0. The second-order valence-electron chi connectivity index (χ2n) is 5.35. The van der Waals surface area contributed by atoms with Gasteiger partial charge in [0.15, 0.2) is 0 Å². The number of sulfonamides is 1. The number of primary amides is 1. The molecule has 0 saturated carbocycles. The SMILES string of the molecule is CCOc1ccc(NS(=O)(=O)c2ccc(Cl)c(C(=O)NCC(N)=O)c2)cc1. The molecule has 0 aliphatic heterocycles. The molecule has 144 valence electrons. The van der Waals surface area contributed by atoms with Crippen molar-refractivity contribution in [1.82, 2.24) is 5.32 Å². The van der Waals surface area contributed by atoms with Gasteiger partial charge in [-0.3, -0.25) is 14.3 Å². The number of anilines is 1. The van der Waals surface area contributed by atoms with E-state index in [9.17, 15) is 18.0 Å². The van der Waals surface area contributed by atoms with Crippen molar-refractivity contribution >= 4 is 39.1 Å². The van der Waals surface area contributed by atoms with E-state index in [2.05, 4.69) is 10.0 Å². The minimum absolute atomic E-state index is 0.0389. The molecule has 0 aliphatic rings. The Kier molecular flexibility index (Phi) is 6.65. The molecule has 10 heteroatoms. The molecule has 0 saturated heterocycles. The smallest absolute Gasteiger partial charge is 0.261 e. The molecule has 0 heterocycles. The van der Waals surface area contributed by atoms with E-state index in [-0.39, 0.29) is 15.5 Å². The van der Waals surface area contributed by atoms with Gasteiger partial charge in [-0.2, -0.15) is 0 Å². The third kappa shape index (κ3) is 5.60. The summed E-state index contributed by atoms with van der Waals surface area (Å²) in [5.74, 6) is -0.835. The molecule has 0 radical (unpaired) electrons. The maximum Gasteiger partial charge on any atom is 0.261 e. The highest BCUT2D eigenvalue weighted by molar-refractivity contribution is 7.92. The molecule has 2 aromatic rings. The molecule has 0 aliphatic carbocycles. The van der Waals surface area contributed by atoms with Gasteiger partial charge in [-0.25, -0.2) is 8.42 Å². The topological polar surface area (TPSA) is 128 Å². The molecule has 0 fully saturated rings. The molecule has 2 aromatic carbocycles. The van der Waals surface area contributed by atoms with Gasteiger partial charge in [0.25, 0.3) is 15.9 Å². The Hall–Kier alpha value is -2.78. The van der Waals surface area contributed by atoms with Crippen LogP contribution in [-0.4, -0.2) is 33.4 Å².